The lowest BCUT2D eigenvalue weighted by Gasteiger charge is -2.05. The summed E-state index contributed by atoms with van der Waals surface area (Å²) in [5.74, 6) is -0.155. The van der Waals surface area contributed by atoms with E-state index in [2.05, 4.69) is 6.58 Å². The molecule has 0 saturated heterocycles. The number of benzene rings is 2. The second kappa shape index (κ2) is 8.57. The van der Waals surface area contributed by atoms with Gasteiger partial charge in [0.25, 0.3) is 0 Å². The third-order valence-electron chi connectivity index (χ3n) is 2.71. The van der Waals surface area contributed by atoms with Gasteiger partial charge in [0.05, 0.1) is 0 Å². The van der Waals surface area contributed by atoms with Crippen LogP contribution >= 0.6 is 0 Å². The van der Waals surface area contributed by atoms with E-state index >= 15 is 0 Å². The summed E-state index contributed by atoms with van der Waals surface area (Å²) in [6, 6.07) is 15.5. The monoisotopic (exact) mass is 296 g/mol. The molecule has 2 aromatic carbocycles. The van der Waals surface area contributed by atoms with Crippen molar-refractivity contribution in [3.05, 3.63) is 77.9 Å². The van der Waals surface area contributed by atoms with Crippen molar-refractivity contribution in [1.82, 2.24) is 0 Å². The Morgan fingerprint density at radius 2 is 1.36 bits per heavy atom. The Hall–Kier alpha value is -2.68. The molecule has 0 aliphatic rings. The van der Waals surface area contributed by atoms with E-state index < -0.39 is 5.97 Å². The molecule has 0 aliphatic carbocycles. The third kappa shape index (κ3) is 4.70. The fourth-order valence-electron chi connectivity index (χ4n) is 1.62. The van der Waals surface area contributed by atoms with Gasteiger partial charge in [0, 0.05) is 16.7 Å². The van der Waals surface area contributed by atoms with Crippen LogP contribution in [0.15, 0.2) is 66.7 Å². The predicted octanol–water partition coefficient (Wildman–Crippen LogP) is 4.43. The van der Waals surface area contributed by atoms with Crippen LogP contribution in [0, 0.1) is 0 Å². The molecule has 0 amide bonds. The molecule has 22 heavy (non-hydrogen) atoms. The molecule has 3 heteroatoms. The Kier molecular flexibility index (Phi) is 6.77. The average Bonchev–Trinajstić information content (AvgIpc) is 2.57. The molecule has 0 radical (unpaired) electrons. The third-order valence-corrected chi connectivity index (χ3v) is 2.71. The van der Waals surface area contributed by atoms with Gasteiger partial charge in [-0.2, -0.15) is 0 Å². The molecule has 0 unspecified atom stereocenters. The number of esters is 1. The average molecular weight is 296 g/mol. The lowest BCUT2D eigenvalue weighted by Crippen LogP contribution is -2.08. The van der Waals surface area contributed by atoms with E-state index in [4.69, 9.17) is 4.74 Å². The molecule has 0 spiro atoms. The molecule has 0 atom stereocenters. The number of hydrogen-bond donors (Lipinski definition) is 0. The lowest BCUT2D eigenvalue weighted by molar-refractivity contribution is -0.130. The second-order valence-electron chi connectivity index (χ2n) is 4.39. The zero-order valence-electron chi connectivity index (χ0n) is 13.1. The minimum Gasteiger partial charge on any atom is -0.423 e. The zero-order valence-corrected chi connectivity index (χ0v) is 13.1. The number of hydrogen-bond acceptors (Lipinski definition) is 3. The summed E-state index contributed by atoms with van der Waals surface area (Å²) in [5.41, 5.74) is 1.50. The molecule has 114 valence electrons. The van der Waals surface area contributed by atoms with E-state index in [0.717, 1.165) is 0 Å². The van der Waals surface area contributed by atoms with E-state index in [1.165, 1.54) is 0 Å². The van der Waals surface area contributed by atoms with Crippen LogP contribution in [-0.2, 0) is 4.79 Å². The number of carbonyl (C=O) groups is 2. The van der Waals surface area contributed by atoms with E-state index in [1.54, 1.807) is 43.3 Å². The molecule has 0 aromatic heterocycles. The summed E-state index contributed by atoms with van der Waals surface area (Å²) < 4.78 is 5.07. The van der Waals surface area contributed by atoms with Crippen LogP contribution in [-0.4, -0.2) is 11.8 Å². The maximum absolute atomic E-state index is 12.2. The van der Waals surface area contributed by atoms with Gasteiger partial charge in [0.1, 0.15) is 5.75 Å². The van der Waals surface area contributed by atoms with Gasteiger partial charge in [-0.15, -0.1) is 0 Å². The van der Waals surface area contributed by atoms with Gasteiger partial charge in [-0.3, -0.25) is 4.79 Å². The minimum atomic E-state index is -0.480. The largest absolute Gasteiger partial charge is 0.423 e. The van der Waals surface area contributed by atoms with Crippen LogP contribution in [0.25, 0.3) is 0 Å². The Morgan fingerprint density at radius 3 is 1.86 bits per heavy atom. The van der Waals surface area contributed by atoms with Gasteiger partial charge < -0.3 is 4.74 Å². The standard InChI is InChI=1S/C17H14O3.C2H6/c1-12(2)17(19)20-15-10-8-14(9-11-15)16(18)13-6-4-3-5-7-13;1-2/h3-11H,1H2,2H3;1-2H3. The van der Waals surface area contributed by atoms with Crippen LogP contribution in [0.3, 0.4) is 0 Å². The van der Waals surface area contributed by atoms with Gasteiger partial charge in [-0.1, -0.05) is 50.8 Å². The quantitative estimate of drug-likeness (QED) is 0.363. The van der Waals surface area contributed by atoms with Crippen LogP contribution in [0.5, 0.6) is 5.75 Å². The Labute approximate surface area is 131 Å². The van der Waals surface area contributed by atoms with Crippen molar-refractivity contribution < 1.29 is 14.3 Å². The van der Waals surface area contributed by atoms with Crippen molar-refractivity contribution in [2.45, 2.75) is 20.8 Å². The van der Waals surface area contributed by atoms with Crippen LogP contribution < -0.4 is 4.74 Å². The van der Waals surface area contributed by atoms with E-state index in [9.17, 15) is 9.59 Å². The van der Waals surface area contributed by atoms with Crippen LogP contribution in [0.4, 0.5) is 0 Å². The predicted molar refractivity (Wildman–Crippen MR) is 88.1 cm³/mol. The molecular formula is C19H20O3. The molecule has 0 saturated carbocycles. The highest BCUT2D eigenvalue weighted by molar-refractivity contribution is 6.09. The summed E-state index contributed by atoms with van der Waals surface area (Å²) in [6.45, 7) is 9.09. The van der Waals surface area contributed by atoms with Gasteiger partial charge >= 0.3 is 5.97 Å². The summed E-state index contributed by atoms with van der Waals surface area (Å²) in [4.78, 5) is 23.5. The Morgan fingerprint density at radius 1 is 0.864 bits per heavy atom. The van der Waals surface area contributed by atoms with Crippen LogP contribution in [0.2, 0.25) is 0 Å². The van der Waals surface area contributed by atoms with Gasteiger partial charge in [-0.05, 0) is 31.2 Å². The number of ether oxygens (including phenoxy) is 1. The summed E-state index contributed by atoms with van der Waals surface area (Å²) >= 11 is 0. The van der Waals surface area contributed by atoms with Crippen molar-refractivity contribution >= 4 is 11.8 Å². The molecule has 0 aliphatic heterocycles. The highest BCUT2D eigenvalue weighted by Crippen LogP contribution is 2.16. The van der Waals surface area contributed by atoms with Gasteiger partial charge in [0.15, 0.2) is 5.78 Å². The SMILES string of the molecule is C=C(C)C(=O)Oc1ccc(C(=O)c2ccccc2)cc1.CC. The van der Waals surface area contributed by atoms with Crippen molar-refractivity contribution in [3.8, 4) is 5.75 Å². The first-order valence-corrected chi connectivity index (χ1v) is 7.15. The number of rotatable bonds is 4. The number of carbonyl (C=O) groups excluding carboxylic acids is 2. The summed E-state index contributed by atoms with van der Waals surface area (Å²) in [5, 5.41) is 0. The molecule has 0 N–H and O–H groups in total. The summed E-state index contributed by atoms with van der Waals surface area (Å²) in [7, 11) is 0. The molecule has 2 aromatic rings. The first-order chi connectivity index (χ1) is 10.6. The maximum Gasteiger partial charge on any atom is 0.338 e. The highest BCUT2D eigenvalue weighted by Gasteiger charge is 2.09. The maximum atomic E-state index is 12.2. The molecular weight excluding hydrogens is 276 g/mol. The van der Waals surface area contributed by atoms with Crippen molar-refractivity contribution in [1.29, 1.82) is 0 Å². The Balaban J connectivity index is 0.00000116. The fourth-order valence-corrected chi connectivity index (χ4v) is 1.62. The first-order valence-electron chi connectivity index (χ1n) is 7.15. The lowest BCUT2D eigenvalue weighted by atomic mass is 10.0. The topological polar surface area (TPSA) is 43.4 Å². The fraction of sp³-hybridized carbons (Fsp3) is 0.158. The van der Waals surface area contributed by atoms with Gasteiger partial charge in [-0.25, -0.2) is 4.79 Å². The zero-order chi connectivity index (χ0) is 16.5. The van der Waals surface area contributed by atoms with E-state index in [-0.39, 0.29) is 5.78 Å². The van der Waals surface area contributed by atoms with E-state index in [1.807, 2.05) is 32.0 Å². The molecule has 0 heterocycles. The number of ketones is 1. The molecule has 2 rings (SSSR count). The normalized spacial score (nSPS) is 9.23. The highest BCUT2D eigenvalue weighted by atomic mass is 16.5. The van der Waals surface area contributed by atoms with Gasteiger partial charge in [0.2, 0.25) is 0 Å². The smallest absolute Gasteiger partial charge is 0.338 e. The minimum absolute atomic E-state index is 0.0663. The summed E-state index contributed by atoms with van der Waals surface area (Å²) in [6.07, 6.45) is 0. The molecule has 0 bridgehead atoms. The first kappa shape index (κ1) is 17.4. The molecule has 3 nitrogen and oxygen atoms in total. The van der Waals surface area contributed by atoms with Crippen molar-refractivity contribution in [2.24, 2.45) is 0 Å². The second-order valence-corrected chi connectivity index (χ2v) is 4.39. The molecule has 0 fully saturated rings. The van der Waals surface area contributed by atoms with Crippen LogP contribution in [0.1, 0.15) is 36.7 Å². The Bertz CT molecular complexity index is 640. The van der Waals surface area contributed by atoms with Crippen molar-refractivity contribution in [3.63, 3.8) is 0 Å². The van der Waals surface area contributed by atoms with E-state index in [0.29, 0.717) is 22.4 Å². The van der Waals surface area contributed by atoms with Crippen molar-refractivity contribution in [2.75, 3.05) is 0 Å².